The van der Waals surface area contributed by atoms with Crippen molar-refractivity contribution in [3.63, 3.8) is 0 Å². The average Bonchev–Trinajstić information content (AvgIpc) is 3.52. The van der Waals surface area contributed by atoms with Crippen molar-refractivity contribution in [1.82, 2.24) is 24.1 Å². The fraction of sp³-hybridized carbons (Fsp3) is 0.286. The van der Waals surface area contributed by atoms with Gasteiger partial charge in [0.2, 0.25) is 5.75 Å². The Labute approximate surface area is 224 Å². The van der Waals surface area contributed by atoms with E-state index in [4.69, 9.17) is 33.8 Å². The van der Waals surface area contributed by atoms with Crippen LogP contribution in [0.4, 0.5) is 4.79 Å². The Bertz CT molecular complexity index is 1670. The maximum absolute atomic E-state index is 13.1. The second-order valence-electron chi connectivity index (χ2n) is 9.66. The van der Waals surface area contributed by atoms with Gasteiger partial charge < -0.3 is 23.7 Å². The first-order valence-corrected chi connectivity index (χ1v) is 12.1. The summed E-state index contributed by atoms with van der Waals surface area (Å²) in [4.78, 5) is 22.4. The van der Waals surface area contributed by atoms with Crippen molar-refractivity contribution in [2.24, 2.45) is 0 Å². The van der Waals surface area contributed by atoms with Crippen LogP contribution in [0, 0.1) is 0 Å². The van der Waals surface area contributed by atoms with Crippen LogP contribution in [-0.4, -0.2) is 64.3 Å². The second-order valence-corrected chi connectivity index (χ2v) is 9.66. The van der Waals surface area contributed by atoms with E-state index in [1.807, 2.05) is 32.9 Å². The van der Waals surface area contributed by atoms with E-state index in [9.17, 15) is 4.79 Å². The standard InChI is InChI=1S/C28H29N5O6/c1-28(2,3)39-27(34)32-15-19(18-9-8-17(35-4)14-20(18)32)25-30-23-10-11-29-26(33(23)31-25)16-12-21(36-5)24(38-7)22(13-16)37-6/h8-15H,1-7H3. The number of ether oxygens (including phenoxy) is 5. The van der Waals surface area contributed by atoms with Crippen LogP contribution < -0.4 is 18.9 Å². The van der Waals surface area contributed by atoms with Gasteiger partial charge in [0.15, 0.2) is 28.8 Å². The van der Waals surface area contributed by atoms with Crippen LogP contribution in [0.25, 0.3) is 39.3 Å². The van der Waals surface area contributed by atoms with Crippen LogP contribution in [0.2, 0.25) is 0 Å². The van der Waals surface area contributed by atoms with Crippen molar-refractivity contribution in [3.8, 4) is 45.8 Å². The molecule has 202 valence electrons. The Morgan fingerprint density at radius 1 is 0.897 bits per heavy atom. The third-order valence-corrected chi connectivity index (χ3v) is 6.02. The molecule has 39 heavy (non-hydrogen) atoms. The molecule has 5 rings (SSSR count). The normalized spacial score (nSPS) is 11.6. The summed E-state index contributed by atoms with van der Waals surface area (Å²) in [6.07, 6.45) is 2.82. The van der Waals surface area contributed by atoms with Crippen molar-refractivity contribution in [2.75, 3.05) is 28.4 Å². The van der Waals surface area contributed by atoms with Crippen LogP contribution in [0.5, 0.6) is 23.0 Å². The van der Waals surface area contributed by atoms with E-state index in [0.29, 0.717) is 56.9 Å². The molecule has 0 fully saturated rings. The third-order valence-electron chi connectivity index (χ3n) is 6.02. The highest BCUT2D eigenvalue weighted by Gasteiger charge is 2.24. The van der Waals surface area contributed by atoms with Gasteiger partial charge in [0, 0.05) is 41.0 Å². The summed E-state index contributed by atoms with van der Waals surface area (Å²) in [7, 11) is 6.23. The van der Waals surface area contributed by atoms with Gasteiger partial charge in [-0.1, -0.05) is 0 Å². The zero-order chi connectivity index (χ0) is 27.9. The highest BCUT2D eigenvalue weighted by atomic mass is 16.6. The molecule has 11 heteroatoms. The van der Waals surface area contributed by atoms with Crippen molar-refractivity contribution in [2.45, 2.75) is 26.4 Å². The van der Waals surface area contributed by atoms with Gasteiger partial charge in [0.25, 0.3) is 0 Å². The summed E-state index contributed by atoms with van der Waals surface area (Å²) in [6.45, 7) is 5.46. The van der Waals surface area contributed by atoms with E-state index >= 15 is 0 Å². The number of rotatable bonds is 6. The number of methoxy groups -OCH3 is 4. The van der Waals surface area contributed by atoms with Crippen molar-refractivity contribution < 1.29 is 28.5 Å². The summed E-state index contributed by atoms with van der Waals surface area (Å²) in [5, 5.41) is 5.55. The lowest BCUT2D eigenvalue weighted by Gasteiger charge is -2.19. The molecule has 0 amide bonds. The first-order chi connectivity index (χ1) is 18.7. The lowest BCUT2D eigenvalue weighted by atomic mass is 10.1. The number of fused-ring (bicyclic) bond motifs is 2. The molecule has 0 radical (unpaired) electrons. The molecule has 0 atom stereocenters. The Morgan fingerprint density at radius 3 is 2.23 bits per heavy atom. The first kappa shape index (κ1) is 25.8. The number of aromatic nitrogens is 5. The van der Waals surface area contributed by atoms with Crippen LogP contribution >= 0.6 is 0 Å². The van der Waals surface area contributed by atoms with E-state index in [1.165, 1.54) is 4.57 Å². The van der Waals surface area contributed by atoms with Crippen LogP contribution in [0.15, 0.2) is 48.8 Å². The lowest BCUT2D eigenvalue weighted by molar-refractivity contribution is 0.0544. The predicted molar refractivity (Wildman–Crippen MR) is 145 cm³/mol. The average molecular weight is 532 g/mol. The Morgan fingerprint density at radius 2 is 1.62 bits per heavy atom. The number of hydrogen-bond donors (Lipinski definition) is 0. The van der Waals surface area contributed by atoms with Gasteiger partial charge in [0.1, 0.15) is 11.4 Å². The monoisotopic (exact) mass is 531 g/mol. The number of carbonyl (C=O) groups is 1. The molecule has 0 saturated heterocycles. The zero-order valence-corrected chi connectivity index (χ0v) is 22.8. The molecular formula is C28H29N5O6. The summed E-state index contributed by atoms with van der Waals surface area (Å²) in [5.74, 6) is 2.98. The molecule has 2 aromatic carbocycles. The van der Waals surface area contributed by atoms with Gasteiger partial charge in [0.05, 0.1) is 34.0 Å². The quantitative estimate of drug-likeness (QED) is 0.291. The molecule has 0 saturated carbocycles. The van der Waals surface area contributed by atoms with E-state index in [2.05, 4.69) is 4.98 Å². The van der Waals surface area contributed by atoms with Gasteiger partial charge in [-0.15, -0.1) is 5.10 Å². The van der Waals surface area contributed by atoms with Crippen molar-refractivity contribution in [1.29, 1.82) is 0 Å². The molecule has 0 spiro atoms. The van der Waals surface area contributed by atoms with E-state index < -0.39 is 11.7 Å². The minimum atomic E-state index is -0.672. The Hall–Kier alpha value is -4.80. The van der Waals surface area contributed by atoms with Crippen molar-refractivity contribution in [3.05, 3.63) is 48.8 Å². The number of benzene rings is 2. The third kappa shape index (κ3) is 4.67. The van der Waals surface area contributed by atoms with Crippen LogP contribution in [0.3, 0.4) is 0 Å². The molecular weight excluding hydrogens is 502 g/mol. The minimum absolute atomic E-state index is 0.411. The molecule has 0 bridgehead atoms. The van der Waals surface area contributed by atoms with Gasteiger partial charge >= 0.3 is 6.09 Å². The zero-order valence-electron chi connectivity index (χ0n) is 22.8. The second kappa shape index (κ2) is 9.82. The summed E-state index contributed by atoms with van der Waals surface area (Å²) in [5.41, 5.74) is 1.84. The maximum atomic E-state index is 13.1. The molecule has 0 aliphatic heterocycles. The molecule has 0 aliphatic carbocycles. The highest BCUT2D eigenvalue weighted by Crippen LogP contribution is 2.41. The molecule has 3 heterocycles. The fourth-order valence-corrected chi connectivity index (χ4v) is 4.31. The molecule has 0 N–H and O–H groups in total. The number of carbonyl (C=O) groups excluding carboxylic acids is 1. The Balaban J connectivity index is 1.69. The highest BCUT2D eigenvalue weighted by molar-refractivity contribution is 6.00. The van der Waals surface area contributed by atoms with Gasteiger partial charge in [-0.3, -0.25) is 4.57 Å². The summed E-state index contributed by atoms with van der Waals surface area (Å²) in [6, 6.07) is 10.8. The molecule has 11 nitrogen and oxygen atoms in total. The molecule has 3 aromatic heterocycles. The molecule has 0 unspecified atom stereocenters. The van der Waals surface area contributed by atoms with E-state index in [0.717, 1.165) is 5.39 Å². The summed E-state index contributed by atoms with van der Waals surface area (Å²) >= 11 is 0. The van der Waals surface area contributed by atoms with Gasteiger partial charge in [-0.25, -0.2) is 14.8 Å². The molecule has 5 aromatic rings. The van der Waals surface area contributed by atoms with Gasteiger partial charge in [-0.2, -0.15) is 4.52 Å². The number of hydrogen-bond acceptors (Lipinski definition) is 9. The van der Waals surface area contributed by atoms with Crippen LogP contribution in [-0.2, 0) is 4.74 Å². The SMILES string of the molecule is COc1ccc2c(-c3nc4ccnc(-c5cc(OC)c(OC)c(OC)c5)n4n3)cn(C(=O)OC(C)(C)C)c2c1. The Kier molecular flexibility index (Phi) is 6.51. The largest absolute Gasteiger partial charge is 0.497 e. The topological polar surface area (TPSA) is 111 Å². The predicted octanol–water partition coefficient (Wildman–Crippen LogP) is 5.23. The summed E-state index contributed by atoms with van der Waals surface area (Å²) < 4.78 is 30.6. The first-order valence-electron chi connectivity index (χ1n) is 12.1. The molecule has 0 aliphatic rings. The maximum Gasteiger partial charge on any atom is 0.419 e. The van der Waals surface area contributed by atoms with Gasteiger partial charge in [-0.05, 0) is 45.0 Å². The number of nitrogens with zero attached hydrogens (tertiary/aromatic N) is 5. The lowest BCUT2D eigenvalue weighted by Crippen LogP contribution is -2.26. The smallest absolute Gasteiger partial charge is 0.419 e. The fourth-order valence-electron chi connectivity index (χ4n) is 4.31. The van der Waals surface area contributed by atoms with E-state index in [1.54, 1.807) is 69.6 Å². The van der Waals surface area contributed by atoms with Crippen molar-refractivity contribution >= 4 is 22.6 Å². The minimum Gasteiger partial charge on any atom is -0.497 e. The van der Waals surface area contributed by atoms with E-state index in [-0.39, 0.29) is 0 Å². The van der Waals surface area contributed by atoms with Crippen LogP contribution in [0.1, 0.15) is 20.8 Å².